The molecule has 0 atom stereocenters. The maximum absolute atomic E-state index is 11.3. The number of carbonyl (C=O) groups is 2. The molecule has 0 fully saturated rings. The van der Waals surface area contributed by atoms with Crippen LogP contribution in [0.4, 0.5) is 9.93 Å². The van der Waals surface area contributed by atoms with Crippen molar-refractivity contribution in [2.24, 2.45) is 0 Å². The second kappa shape index (κ2) is 7.88. The van der Waals surface area contributed by atoms with Crippen molar-refractivity contribution in [3.8, 4) is 0 Å². The first-order valence-electron chi connectivity index (χ1n) is 5.23. The highest BCUT2D eigenvalue weighted by molar-refractivity contribution is 8.01. The second-order valence-corrected chi connectivity index (χ2v) is 5.33. The third kappa shape index (κ3) is 5.32. The van der Waals surface area contributed by atoms with E-state index in [0.717, 1.165) is 18.1 Å². The standard InChI is InChI=1S/C9H14N4O3S2/c1-3-4-10-7-12-13-9(18-7)17-5-6(14)11-8(15)16-2/h3-5H2,1-2H3,(H,10,12)(H,11,14,15). The zero-order chi connectivity index (χ0) is 13.4. The average molecular weight is 290 g/mol. The van der Waals surface area contributed by atoms with Crippen LogP contribution in [0.1, 0.15) is 13.3 Å². The topological polar surface area (TPSA) is 93.2 Å². The third-order valence-electron chi connectivity index (χ3n) is 1.69. The molecule has 0 aliphatic heterocycles. The lowest BCUT2D eigenvalue weighted by Gasteiger charge is -2.00. The van der Waals surface area contributed by atoms with Gasteiger partial charge in [-0.1, -0.05) is 30.0 Å². The Balaban J connectivity index is 2.32. The van der Waals surface area contributed by atoms with Crippen LogP contribution < -0.4 is 10.6 Å². The molecular weight excluding hydrogens is 276 g/mol. The molecule has 18 heavy (non-hydrogen) atoms. The van der Waals surface area contributed by atoms with Crippen LogP contribution in [-0.4, -0.2) is 41.6 Å². The summed E-state index contributed by atoms with van der Waals surface area (Å²) in [4.78, 5) is 22.0. The molecule has 9 heteroatoms. The molecule has 100 valence electrons. The van der Waals surface area contributed by atoms with E-state index in [9.17, 15) is 9.59 Å². The number of alkyl carbamates (subject to hydrolysis) is 1. The van der Waals surface area contributed by atoms with Crippen molar-refractivity contribution in [1.29, 1.82) is 0 Å². The highest BCUT2D eigenvalue weighted by Gasteiger charge is 2.10. The Morgan fingerprint density at radius 3 is 2.89 bits per heavy atom. The van der Waals surface area contributed by atoms with Gasteiger partial charge in [-0.25, -0.2) is 4.79 Å². The van der Waals surface area contributed by atoms with E-state index in [0.29, 0.717) is 4.34 Å². The first kappa shape index (κ1) is 14.7. The molecule has 0 unspecified atom stereocenters. The highest BCUT2D eigenvalue weighted by atomic mass is 32.2. The number of nitrogens with one attached hydrogen (secondary N) is 2. The summed E-state index contributed by atoms with van der Waals surface area (Å²) < 4.78 is 4.98. The van der Waals surface area contributed by atoms with E-state index in [4.69, 9.17) is 0 Å². The molecular formula is C9H14N4O3S2. The number of thioether (sulfide) groups is 1. The third-order valence-corrected chi connectivity index (χ3v) is 3.70. The van der Waals surface area contributed by atoms with Crippen LogP contribution >= 0.6 is 23.1 Å². The zero-order valence-electron chi connectivity index (χ0n) is 10.1. The van der Waals surface area contributed by atoms with E-state index >= 15 is 0 Å². The Bertz CT molecular complexity index is 410. The van der Waals surface area contributed by atoms with E-state index in [1.165, 1.54) is 30.2 Å². The molecule has 0 saturated heterocycles. The molecule has 2 N–H and O–H groups in total. The van der Waals surface area contributed by atoms with Gasteiger partial charge in [0, 0.05) is 6.54 Å². The minimum atomic E-state index is -0.761. The van der Waals surface area contributed by atoms with Gasteiger partial charge >= 0.3 is 6.09 Å². The number of ether oxygens (including phenoxy) is 1. The number of amides is 2. The van der Waals surface area contributed by atoms with Crippen LogP contribution in [0, 0.1) is 0 Å². The van der Waals surface area contributed by atoms with E-state index < -0.39 is 12.0 Å². The van der Waals surface area contributed by atoms with Crippen molar-refractivity contribution in [3.63, 3.8) is 0 Å². The van der Waals surface area contributed by atoms with Gasteiger partial charge in [-0.3, -0.25) is 10.1 Å². The van der Waals surface area contributed by atoms with E-state index in [1.54, 1.807) is 0 Å². The van der Waals surface area contributed by atoms with Crippen molar-refractivity contribution in [2.45, 2.75) is 17.7 Å². The van der Waals surface area contributed by atoms with Gasteiger partial charge in [0.15, 0.2) is 4.34 Å². The summed E-state index contributed by atoms with van der Waals surface area (Å²) in [7, 11) is 1.20. The quantitative estimate of drug-likeness (QED) is 0.763. The van der Waals surface area contributed by atoms with Crippen LogP contribution in [-0.2, 0) is 9.53 Å². The summed E-state index contributed by atoms with van der Waals surface area (Å²) in [5, 5.41) is 13.7. The fourth-order valence-electron chi connectivity index (χ4n) is 0.900. The molecule has 1 heterocycles. The number of nitrogens with zero attached hydrogens (tertiary/aromatic N) is 2. The summed E-state index contributed by atoms with van der Waals surface area (Å²) >= 11 is 2.59. The lowest BCUT2D eigenvalue weighted by atomic mass is 10.5. The molecule has 2 amide bonds. The number of aromatic nitrogens is 2. The Kier molecular flexibility index (Phi) is 6.44. The molecule has 0 radical (unpaired) electrons. The van der Waals surface area contributed by atoms with Crippen LogP contribution in [0.2, 0.25) is 0 Å². The summed E-state index contributed by atoms with van der Waals surface area (Å²) in [6, 6.07) is 0. The molecule has 7 nitrogen and oxygen atoms in total. The number of carbonyl (C=O) groups excluding carboxylic acids is 2. The second-order valence-electron chi connectivity index (χ2n) is 3.13. The molecule has 0 spiro atoms. The lowest BCUT2D eigenvalue weighted by Crippen LogP contribution is -2.31. The Morgan fingerprint density at radius 1 is 1.44 bits per heavy atom. The number of imide groups is 1. The van der Waals surface area contributed by atoms with Gasteiger partial charge in [0.2, 0.25) is 11.0 Å². The monoisotopic (exact) mass is 290 g/mol. The lowest BCUT2D eigenvalue weighted by molar-refractivity contribution is -0.117. The fraction of sp³-hybridized carbons (Fsp3) is 0.556. The van der Waals surface area contributed by atoms with Gasteiger partial charge in [0.1, 0.15) is 0 Å². The van der Waals surface area contributed by atoms with E-state index in [-0.39, 0.29) is 5.75 Å². The molecule has 1 rings (SSSR count). The van der Waals surface area contributed by atoms with Crippen molar-refractivity contribution >= 4 is 40.2 Å². The minimum Gasteiger partial charge on any atom is -0.453 e. The summed E-state index contributed by atoms with van der Waals surface area (Å²) in [5.41, 5.74) is 0. The van der Waals surface area contributed by atoms with Crippen LogP contribution in [0.3, 0.4) is 0 Å². The van der Waals surface area contributed by atoms with Crippen molar-refractivity contribution in [3.05, 3.63) is 0 Å². The van der Waals surface area contributed by atoms with Crippen molar-refractivity contribution in [2.75, 3.05) is 24.7 Å². The molecule has 0 saturated carbocycles. The number of rotatable bonds is 6. The molecule has 1 aromatic heterocycles. The van der Waals surface area contributed by atoms with Gasteiger partial charge in [0.25, 0.3) is 0 Å². The first-order valence-corrected chi connectivity index (χ1v) is 7.04. The van der Waals surface area contributed by atoms with Gasteiger partial charge in [0.05, 0.1) is 12.9 Å². The number of anilines is 1. The Labute approximate surface area is 113 Å². The molecule has 0 bridgehead atoms. The first-order chi connectivity index (χ1) is 8.65. The SMILES string of the molecule is CCCNc1nnc(SCC(=O)NC(=O)OC)s1. The van der Waals surface area contributed by atoms with E-state index in [2.05, 4.69) is 32.5 Å². The Hall–Kier alpha value is -1.35. The maximum Gasteiger partial charge on any atom is 0.413 e. The summed E-state index contributed by atoms with van der Waals surface area (Å²) in [6.07, 6.45) is 0.243. The molecule has 0 aromatic carbocycles. The summed E-state index contributed by atoms with van der Waals surface area (Å²) in [6.45, 7) is 2.89. The zero-order valence-corrected chi connectivity index (χ0v) is 11.7. The normalized spacial score (nSPS) is 9.89. The number of hydrogen-bond acceptors (Lipinski definition) is 8. The number of methoxy groups -OCH3 is 1. The van der Waals surface area contributed by atoms with Crippen molar-refractivity contribution < 1.29 is 14.3 Å². The van der Waals surface area contributed by atoms with Crippen LogP contribution in [0.25, 0.3) is 0 Å². The molecule has 1 aromatic rings. The maximum atomic E-state index is 11.3. The molecule has 0 aliphatic carbocycles. The predicted molar refractivity (Wildman–Crippen MR) is 70.0 cm³/mol. The van der Waals surface area contributed by atoms with Gasteiger partial charge < -0.3 is 10.1 Å². The van der Waals surface area contributed by atoms with Crippen LogP contribution in [0.5, 0.6) is 0 Å². The van der Waals surface area contributed by atoms with Crippen LogP contribution in [0.15, 0.2) is 4.34 Å². The Morgan fingerprint density at radius 2 is 2.22 bits per heavy atom. The number of hydrogen-bond donors (Lipinski definition) is 2. The average Bonchev–Trinajstić information content (AvgIpc) is 2.81. The van der Waals surface area contributed by atoms with Crippen molar-refractivity contribution in [1.82, 2.24) is 15.5 Å². The smallest absolute Gasteiger partial charge is 0.413 e. The molecule has 0 aliphatic rings. The predicted octanol–water partition coefficient (Wildman–Crippen LogP) is 1.33. The minimum absolute atomic E-state index is 0.0948. The largest absolute Gasteiger partial charge is 0.453 e. The summed E-state index contributed by atoms with van der Waals surface area (Å²) in [5.74, 6) is -0.331. The fourth-order valence-corrected chi connectivity index (χ4v) is 2.48. The van der Waals surface area contributed by atoms with E-state index in [1.807, 2.05) is 0 Å². The van der Waals surface area contributed by atoms with Gasteiger partial charge in [-0.2, -0.15) is 0 Å². The highest BCUT2D eigenvalue weighted by Crippen LogP contribution is 2.25. The van der Waals surface area contributed by atoms with Gasteiger partial charge in [-0.15, -0.1) is 10.2 Å². The van der Waals surface area contributed by atoms with Gasteiger partial charge in [-0.05, 0) is 6.42 Å².